The Hall–Kier alpha value is -3.28. The lowest BCUT2D eigenvalue weighted by Gasteiger charge is -2.07. The standard InChI is InChI=1S/C20H21N3O3/c1-3-26-17-10-8-16(9-11-17)21-19(24)13-23-20(25)12-18(22-23)15-6-4-14(2)5-7-15/h4-12,22H,3,13H2,1-2H3,(H,21,24). The Kier molecular flexibility index (Phi) is 5.22. The number of aromatic nitrogens is 2. The van der Waals surface area contributed by atoms with Gasteiger partial charge in [-0.1, -0.05) is 29.8 Å². The molecule has 0 saturated heterocycles. The topological polar surface area (TPSA) is 76.1 Å². The third kappa shape index (κ3) is 4.22. The second-order valence-electron chi connectivity index (χ2n) is 5.97. The third-order valence-corrected chi connectivity index (χ3v) is 3.90. The third-order valence-electron chi connectivity index (χ3n) is 3.90. The molecule has 0 saturated carbocycles. The number of nitrogens with zero attached hydrogens (tertiary/aromatic N) is 1. The van der Waals surface area contributed by atoms with Gasteiger partial charge < -0.3 is 10.1 Å². The van der Waals surface area contributed by atoms with Gasteiger partial charge >= 0.3 is 0 Å². The van der Waals surface area contributed by atoms with Crippen LogP contribution in [0, 0.1) is 6.92 Å². The fourth-order valence-corrected chi connectivity index (χ4v) is 2.58. The van der Waals surface area contributed by atoms with Gasteiger partial charge in [-0.3, -0.25) is 14.7 Å². The van der Waals surface area contributed by atoms with Gasteiger partial charge in [0.15, 0.2) is 0 Å². The van der Waals surface area contributed by atoms with Gasteiger partial charge in [0, 0.05) is 11.8 Å². The molecule has 0 fully saturated rings. The molecule has 2 aromatic carbocycles. The first-order valence-corrected chi connectivity index (χ1v) is 8.45. The number of rotatable bonds is 6. The fourth-order valence-electron chi connectivity index (χ4n) is 2.58. The molecule has 0 aliphatic rings. The summed E-state index contributed by atoms with van der Waals surface area (Å²) in [7, 11) is 0. The Morgan fingerprint density at radius 3 is 2.46 bits per heavy atom. The minimum atomic E-state index is -0.284. The molecule has 1 heterocycles. The molecule has 0 aliphatic carbocycles. The summed E-state index contributed by atoms with van der Waals surface area (Å²) in [5.41, 5.74) is 3.13. The van der Waals surface area contributed by atoms with Gasteiger partial charge in [-0.15, -0.1) is 0 Å². The van der Waals surface area contributed by atoms with Crippen LogP contribution in [-0.4, -0.2) is 22.3 Å². The summed E-state index contributed by atoms with van der Waals surface area (Å²) in [5, 5.41) is 5.75. The first kappa shape index (κ1) is 17.5. The van der Waals surface area contributed by atoms with Crippen LogP contribution in [0.25, 0.3) is 11.3 Å². The van der Waals surface area contributed by atoms with Crippen molar-refractivity contribution in [3.63, 3.8) is 0 Å². The zero-order valence-corrected chi connectivity index (χ0v) is 14.8. The van der Waals surface area contributed by atoms with E-state index < -0.39 is 0 Å². The highest BCUT2D eigenvalue weighted by atomic mass is 16.5. The Labute approximate surface area is 151 Å². The van der Waals surface area contributed by atoms with Crippen molar-refractivity contribution in [2.45, 2.75) is 20.4 Å². The number of hydrogen-bond acceptors (Lipinski definition) is 3. The lowest BCUT2D eigenvalue weighted by molar-refractivity contribution is -0.116. The zero-order valence-electron chi connectivity index (χ0n) is 14.8. The first-order chi connectivity index (χ1) is 12.5. The van der Waals surface area contributed by atoms with Gasteiger partial charge in [0.2, 0.25) is 5.91 Å². The molecule has 0 bridgehead atoms. The van der Waals surface area contributed by atoms with E-state index in [2.05, 4.69) is 10.4 Å². The van der Waals surface area contributed by atoms with E-state index in [9.17, 15) is 9.59 Å². The number of amides is 1. The maximum absolute atomic E-state index is 12.2. The number of benzene rings is 2. The van der Waals surface area contributed by atoms with Crippen LogP contribution in [0.5, 0.6) is 5.75 Å². The van der Waals surface area contributed by atoms with Crippen molar-refractivity contribution >= 4 is 11.6 Å². The van der Waals surface area contributed by atoms with Crippen LogP contribution in [0.3, 0.4) is 0 Å². The molecule has 2 N–H and O–H groups in total. The van der Waals surface area contributed by atoms with Crippen LogP contribution in [0.4, 0.5) is 5.69 Å². The van der Waals surface area contributed by atoms with E-state index in [1.54, 1.807) is 24.3 Å². The predicted octanol–water partition coefficient (Wildman–Crippen LogP) is 3.19. The Morgan fingerprint density at radius 1 is 1.12 bits per heavy atom. The minimum absolute atomic E-state index is 0.0854. The Balaban J connectivity index is 1.67. The summed E-state index contributed by atoms with van der Waals surface area (Å²) in [6, 6.07) is 16.4. The fraction of sp³-hybridized carbons (Fsp3) is 0.200. The number of nitrogens with one attached hydrogen (secondary N) is 2. The normalized spacial score (nSPS) is 10.5. The number of aryl methyl sites for hydroxylation is 1. The first-order valence-electron chi connectivity index (χ1n) is 8.45. The molecule has 3 rings (SSSR count). The summed E-state index contributed by atoms with van der Waals surface area (Å²) >= 11 is 0. The number of H-pyrrole nitrogens is 1. The number of hydrogen-bond donors (Lipinski definition) is 2. The molecule has 3 aromatic rings. The average Bonchev–Trinajstić information content (AvgIpc) is 2.98. The molecular weight excluding hydrogens is 330 g/mol. The molecule has 134 valence electrons. The maximum atomic E-state index is 12.2. The highest BCUT2D eigenvalue weighted by Crippen LogP contribution is 2.17. The molecule has 0 radical (unpaired) electrons. The van der Waals surface area contributed by atoms with E-state index in [4.69, 9.17) is 4.74 Å². The number of carbonyl (C=O) groups excluding carboxylic acids is 1. The van der Waals surface area contributed by atoms with Crippen LogP contribution in [0.2, 0.25) is 0 Å². The number of carbonyl (C=O) groups is 1. The van der Waals surface area contributed by atoms with Crippen LogP contribution in [0.1, 0.15) is 12.5 Å². The molecular formula is C20H21N3O3. The SMILES string of the molecule is CCOc1ccc(NC(=O)Cn2[nH]c(-c3ccc(C)cc3)cc2=O)cc1. The largest absolute Gasteiger partial charge is 0.494 e. The van der Waals surface area contributed by atoms with Crippen molar-refractivity contribution in [1.82, 2.24) is 9.78 Å². The summed E-state index contributed by atoms with van der Waals surface area (Å²) in [6.07, 6.45) is 0. The van der Waals surface area contributed by atoms with Crippen LogP contribution in [-0.2, 0) is 11.3 Å². The van der Waals surface area contributed by atoms with E-state index in [0.29, 0.717) is 18.0 Å². The van der Waals surface area contributed by atoms with Crippen molar-refractivity contribution in [3.05, 3.63) is 70.5 Å². The van der Waals surface area contributed by atoms with Crippen LogP contribution in [0.15, 0.2) is 59.4 Å². The Morgan fingerprint density at radius 2 is 1.81 bits per heavy atom. The second kappa shape index (κ2) is 7.74. The van der Waals surface area contributed by atoms with Crippen molar-refractivity contribution in [1.29, 1.82) is 0 Å². The number of anilines is 1. The lowest BCUT2D eigenvalue weighted by atomic mass is 10.1. The van der Waals surface area contributed by atoms with Gasteiger partial charge in [-0.05, 0) is 43.7 Å². The molecule has 0 spiro atoms. The maximum Gasteiger partial charge on any atom is 0.267 e. The second-order valence-corrected chi connectivity index (χ2v) is 5.97. The quantitative estimate of drug-likeness (QED) is 0.716. The van der Waals surface area contributed by atoms with Gasteiger partial charge in [0.05, 0.1) is 12.3 Å². The van der Waals surface area contributed by atoms with Gasteiger partial charge in [-0.25, -0.2) is 4.68 Å². The molecule has 0 aliphatic heterocycles. The van der Waals surface area contributed by atoms with Crippen molar-refractivity contribution in [3.8, 4) is 17.0 Å². The van der Waals surface area contributed by atoms with Gasteiger partial charge in [0.1, 0.15) is 12.3 Å². The molecule has 1 aromatic heterocycles. The van der Waals surface area contributed by atoms with E-state index in [-0.39, 0.29) is 18.0 Å². The molecule has 6 nitrogen and oxygen atoms in total. The highest BCUT2D eigenvalue weighted by Gasteiger charge is 2.09. The van der Waals surface area contributed by atoms with Gasteiger partial charge in [-0.2, -0.15) is 0 Å². The monoisotopic (exact) mass is 351 g/mol. The van der Waals surface area contributed by atoms with Crippen molar-refractivity contribution < 1.29 is 9.53 Å². The molecule has 26 heavy (non-hydrogen) atoms. The predicted molar refractivity (Wildman–Crippen MR) is 101 cm³/mol. The summed E-state index contributed by atoms with van der Waals surface area (Å²) in [6.45, 7) is 4.42. The molecule has 1 amide bonds. The van der Waals surface area contributed by atoms with E-state index in [1.807, 2.05) is 38.1 Å². The zero-order chi connectivity index (χ0) is 18.5. The average molecular weight is 351 g/mol. The lowest BCUT2D eigenvalue weighted by Crippen LogP contribution is -2.25. The van der Waals surface area contributed by atoms with Crippen molar-refractivity contribution in [2.24, 2.45) is 0 Å². The van der Waals surface area contributed by atoms with Crippen LogP contribution < -0.4 is 15.6 Å². The number of aromatic amines is 1. The minimum Gasteiger partial charge on any atom is -0.494 e. The van der Waals surface area contributed by atoms with E-state index in [0.717, 1.165) is 16.9 Å². The molecule has 0 unspecified atom stereocenters. The van der Waals surface area contributed by atoms with E-state index >= 15 is 0 Å². The van der Waals surface area contributed by atoms with Crippen LogP contribution >= 0.6 is 0 Å². The van der Waals surface area contributed by atoms with Crippen molar-refractivity contribution in [2.75, 3.05) is 11.9 Å². The highest BCUT2D eigenvalue weighted by molar-refractivity contribution is 5.90. The Bertz CT molecular complexity index is 938. The van der Waals surface area contributed by atoms with E-state index in [1.165, 1.54) is 10.7 Å². The summed E-state index contributed by atoms with van der Waals surface area (Å²) in [5.74, 6) is 0.461. The summed E-state index contributed by atoms with van der Waals surface area (Å²) in [4.78, 5) is 24.3. The smallest absolute Gasteiger partial charge is 0.267 e. The van der Waals surface area contributed by atoms with Gasteiger partial charge in [0.25, 0.3) is 5.56 Å². The molecule has 0 atom stereocenters. The summed E-state index contributed by atoms with van der Waals surface area (Å²) < 4.78 is 6.66. The number of ether oxygens (including phenoxy) is 1. The molecule has 6 heteroatoms.